The number of ether oxygens (including phenoxy) is 3. The van der Waals surface area contributed by atoms with Crippen LogP contribution in [-0.2, 0) is 14.9 Å². The van der Waals surface area contributed by atoms with Crippen LogP contribution in [0, 0.1) is 6.92 Å². The van der Waals surface area contributed by atoms with E-state index in [-0.39, 0.29) is 18.4 Å². The first-order chi connectivity index (χ1) is 13.1. The summed E-state index contributed by atoms with van der Waals surface area (Å²) in [5, 5.41) is 0. The number of Topliss-reactive ketones (excluding diaryl/α,β-unsaturated/α-hetero) is 1. The zero-order valence-corrected chi connectivity index (χ0v) is 16.1. The van der Waals surface area contributed by atoms with E-state index in [1.165, 1.54) is 11.3 Å². The van der Waals surface area contributed by atoms with Crippen molar-refractivity contribution in [3.63, 3.8) is 0 Å². The van der Waals surface area contributed by atoms with E-state index in [1.807, 2.05) is 31.2 Å². The van der Waals surface area contributed by atoms with Crippen molar-refractivity contribution in [1.82, 2.24) is 0 Å². The van der Waals surface area contributed by atoms with E-state index in [1.54, 1.807) is 6.07 Å². The van der Waals surface area contributed by atoms with Crippen LogP contribution < -0.4 is 9.47 Å². The molecule has 2 aromatic rings. The molecular weight excluding hydrogens is 364 g/mol. The molecule has 0 N–H and O–H groups in total. The fraction of sp³-hybridized carbons (Fsp3) is 0.429. The fourth-order valence-electron chi connectivity index (χ4n) is 3.85. The standard InChI is InChI=1S/C21H22O5S/c1-14-4-7-19(27-14)16(22)13-26-20(23)21(8-2-3-9-21)15-5-6-17-18(12-15)25-11-10-24-17/h4-7,12H,2-3,8-11,13H2,1H3. The number of aryl methyl sites for hydroxylation is 1. The Morgan fingerprint density at radius 1 is 1.07 bits per heavy atom. The molecule has 0 saturated heterocycles. The van der Waals surface area contributed by atoms with Crippen LogP contribution in [0.25, 0.3) is 0 Å². The Hall–Kier alpha value is -2.34. The van der Waals surface area contributed by atoms with Crippen molar-refractivity contribution in [2.24, 2.45) is 0 Å². The van der Waals surface area contributed by atoms with Crippen LogP contribution in [0.4, 0.5) is 0 Å². The molecule has 0 atom stereocenters. The Bertz CT molecular complexity index is 863. The van der Waals surface area contributed by atoms with E-state index >= 15 is 0 Å². The zero-order chi connectivity index (χ0) is 18.9. The molecule has 1 aliphatic carbocycles. The summed E-state index contributed by atoms with van der Waals surface area (Å²) in [4.78, 5) is 27.0. The predicted octanol–water partition coefficient (Wildman–Crippen LogP) is 4.07. The Morgan fingerprint density at radius 2 is 1.81 bits per heavy atom. The van der Waals surface area contributed by atoms with Crippen molar-refractivity contribution in [2.75, 3.05) is 19.8 Å². The highest BCUT2D eigenvalue weighted by Crippen LogP contribution is 2.45. The van der Waals surface area contributed by atoms with Crippen LogP contribution in [0.2, 0.25) is 0 Å². The molecule has 4 rings (SSSR count). The van der Waals surface area contributed by atoms with Gasteiger partial charge in [0.25, 0.3) is 0 Å². The average molecular weight is 386 g/mol. The predicted molar refractivity (Wildman–Crippen MR) is 102 cm³/mol. The summed E-state index contributed by atoms with van der Waals surface area (Å²) < 4.78 is 16.8. The van der Waals surface area contributed by atoms with Gasteiger partial charge in [0.05, 0.1) is 10.3 Å². The summed E-state index contributed by atoms with van der Waals surface area (Å²) in [5.41, 5.74) is 0.176. The van der Waals surface area contributed by atoms with Gasteiger partial charge in [-0.1, -0.05) is 18.9 Å². The first-order valence-electron chi connectivity index (χ1n) is 9.25. The minimum atomic E-state index is -0.707. The molecule has 2 heterocycles. The second-order valence-electron chi connectivity index (χ2n) is 7.06. The van der Waals surface area contributed by atoms with Crippen LogP contribution in [0.15, 0.2) is 30.3 Å². The summed E-state index contributed by atoms with van der Waals surface area (Å²) in [5.74, 6) is 0.896. The van der Waals surface area contributed by atoms with Gasteiger partial charge in [0.1, 0.15) is 13.2 Å². The Balaban J connectivity index is 1.53. The Labute approximate surface area is 162 Å². The second kappa shape index (κ2) is 7.35. The van der Waals surface area contributed by atoms with Gasteiger partial charge in [0.2, 0.25) is 5.78 Å². The third-order valence-corrected chi connectivity index (χ3v) is 6.33. The second-order valence-corrected chi connectivity index (χ2v) is 8.35. The van der Waals surface area contributed by atoms with Crippen molar-refractivity contribution in [2.45, 2.75) is 38.0 Å². The van der Waals surface area contributed by atoms with Crippen LogP contribution >= 0.6 is 11.3 Å². The smallest absolute Gasteiger partial charge is 0.317 e. The van der Waals surface area contributed by atoms with Crippen molar-refractivity contribution in [3.05, 3.63) is 45.6 Å². The summed E-state index contributed by atoms with van der Waals surface area (Å²) >= 11 is 1.42. The molecule has 1 saturated carbocycles. The zero-order valence-electron chi connectivity index (χ0n) is 15.3. The molecule has 1 fully saturated rings. The van der Waals surface area contributed by atoms with Gasteiger partial charge in [-0.15, -0.1) is 11.3 Å². The number of benzene rings is 1. The summed E-state index contributed by atoms with van der Waals surface area (Å²) in [6.07, 6.45) is 3.36. The number of carbonyl (C=O) groups is 2. The van der Waals surface area contributed by atoms with Gasteiger partial charge in [0.15, 0.2) is 18.1 Å². The number of ketones is 1. The maximum atomic E-state index is 13.0. The highest BCUT2D eigenvalue weighted by Gasteiger charge is 2.45. The van der Waals surface area contributed by atoms with Crippen molar-refractivity contribution >= 4 is 23.1 Å². The van der Waals surface area contributed by atoms with E-state index in [0.29, 0.717) is 29.6 Å². The van der Waals surface area contributed by atoms with E-state index in [2.05, 4.69) is 0 Å². The average Bonchev–Trinajstić information content (AvgIpc) is 3.35. The molecule has 6 heteroatoms. The lowest BCUT2D eigenvalue weighted by Crippen LogP contribution is -2.36. The van der Waals surface area contributed by atoms with E-state index < -0.39 is 5.41 Å². The number of thiophene rings is 1. The molecular formula is C21H22O5S. The molecule has 1 aromatic carbocycles. The maximum Gasteiger partial charge on any atom is 0.317 e. The van der Waals surface area contributed by atoms with Gasteiger partial charge >= 0.3 is 5.97 Å². The Morgan fingerprint density at radius 3 is 2.52 bits per heavy atom. The molecule has 0 spiro atoms. The number of hydrogen-bond donors (Lipinski definition) is 0. The molecule has 1 aliphatic heterocycles. The van der Waals surface area contributed by atoms with Gasteiger partial charge in [-0.3, -0.25) is 9.59 Å². The van der Waals surface area contributed by atoms with Crippen molar-refractivity contribution < 1.29 is 23.8 Å². The molecule has 142 valence electrons. The largest absolute Gasteiger partial charge is 0.486 e. The van der Waals surface area contributed by atoms with Crippen LogP contribution in [0.3, 0.4) is 0 Å². The monoisotopic (exact) mass is 386 g/mol. The quantitative estimate of drug-likeness (QED) is 0.573. The molecule has 1 aromatic heterocycles. The van der Waals surface area contributed by atoms with Gasteiger partial charge in [-0.05, 0) is 49.6 Å². The molecule has 2 aliphatic rings. The normalized spacial score (nSPS) is 17.5. The van der Waals surface area contributed by atoms with Gasteiger partial charge in [-0.2, -0.15) is 0 Å². The van der Waals surface area contributed by atoms with Crippen molar-refractivity contribution in [3.8, 4) is 11.5 Å². The van der Waals surface area contributed by atoms with Crippen LogP contribution in [0.1, 0.15) is 45.8 Å². The number of fused-ring (bicyclic) bond motifs is 1. The highest BCUT2D eigenvalue weighted by atomic mass is 32.1. The molecule has 27 heavy (non-hydrogen) atoms. The highest BCUT2D eigenvalue weighted by molar-refractivity contribution is 7.14. The maximum absolute atomic E-state index is 13.0. The van der Waals surface area contributed by atoms with E-state index in [9.17, 15) is 9.59 Å². The first kappa shape index (κ1) is 18.0. The number of carbonyl (C=O) groups excluding carboxylic acids is 2. The third kappa shape index (κ3) is 3.46. The van der Waals surface area contributed by atoms with Crippen molar-refractivity contribution in [1.29, 1.82) is 0 Å². The fourth-order valence-corrected chi connectivity index (χ4v) is 4.65. The minimum Gasteiger partial charge on any atom is -0.486 e. The molecule has 0 amide bonds. The first-order valence-corrected chi connectivity index (χ1v) is 10.1. The SMILES string of the molecule is Cc1ccc(C(=O)COC(=O)C2(c3ccc4c(c3)OCCO4)CCCC2)s1. The Kier molecular flexibility index (Phi) is 4.91. The van der Waals surface area contributed by atoms with Crippen LogP contribution in [-0.4, -0.2) is 31.6 Å². The van der Waals surface area contributed by atoms with Gasteiger partial charge < -0.3 is 14.2 Å². The molecule has 5 nitrogen and oxygen atoms in total. The summed E-state index contributed by atoms with van der Waals surface area (Å²) in [7, 11) is 0. The van der Waals surface area contributed by atoms with Gasteiger partial charge in [0, 0.05) is 4.88 Å². The molecule has 0 unspecified atom stereocenters. The van der Waals surface area contributed by atoms with Crippen LogP contribution in [0.5, 0.6) is 11.5 Å². The minimum absolute atomic E-state index is 0.156. The number of hydrogen-bond acceptors (Lipinski definition) is 6. The summed E-state index contributed by atoms with van der Waals surface area (Å²) in [6, 6.07) is 9.35. The topological polar surface area (TPSA) is 61.8 Å². The molecule has 0 radical (unpaired) electrons. The lowest BCUT2D eigenvalue weighted by molar-refractivity contribution is -0.149. The lowest BCUT2D eigenvalue weighted by Gasteiger charge is -2.28. The van der Waals surface area contributed by atoms with Gasteiger partial charge in [-0.25, -0.2) is 0 Å². The molecule has 0 bridgehead atoms. The third-order valence-electron chi connectivity index (χ3n) is 5.29. The number of rotatable bonds is 5. The summed E-state index contributed by atoms with van der Waals surface area (Å²) in [6.45, 7) is 2.76. The number of esters is 1. The lowest BCUT2D eigenvalue weighted by atomic mass is 9.78. The van der Waals surface area contributed by atoms with E-state index in [4.69, 9.17) is 14.2 Å². The van der Waals surface area contributed by atoms with E-state index in [0.717, 1.165) is 36.1 Å².